The van der Waals surface area contributed by atoms with E-state index >= 15 is 0 Å². The number of rotatable bonds is 4. The van der Waals surface area contributed by atoms with Crippen molar-refractivity contribution >= 4 is 40.1 Å². The van der Waals surface area contributed by atoms with Crippen LogP contribution in [0.1, 0.15) is 26.3 Å². The highest BCUT2D eigenvalue weighted by molar-refractivity contribution is 6.31. The van der Waals surface area contributed by atoms with Crippen molar-refractivity contribution < 1.29 is 14.7 Å². The lowest BCUT2D eigenvalue weighted by atomic mass is 10.0. The Bertz CT molecular complexity index is 1290. The Morgan fingerprint density at radius 1 is 0.933 bits per heavy atom. The highest BCUT2D eigenvalue weighted by Gasteiger charge is 2.19. The first-order valence-corrected chi connectivity index (χ1v) is 9.62. The number of carboxylic acids is 1. The largest absolute Gasteiger partial charge is 0.478 e. The van der Waals surface area contributed by atoms with Gasteiger partial charge in [0, 0.05) is 16.0 Å². The van der Waals surface area contributed by atoms with E-state index in [-0.39, 0.29) is 11.3 Å². The zero-order valence-corrected chi connectivity index (χ0v) is 16.8. The maximum absolute atomic E-state index is 13.3. The Kier molecular flexibility index (Phi) is 5.21. The highest BCUT2D eigenvalue weighted by atomic mass is 35.5. The van der Waals surface area contributed by atoms with Gasteiger partial charge < -0.3 is 10.4 Å². The molecule has 3 aromatic carbocycles. The van der Waals surface area contributed by atoms with Gasteiger partial charge in [-0.05, 0) is 36.8 Å². The molecule has 0 spiro atoms. The molecule has 0 aliphatic rings. The van der Waals surface area contributed by atoms with Gasteiger partial charge in [0.25, 0.3) is 5.91 Å². The number of anilines is 1. The second-order valence-corrected chi connectivity index (χ2v) is 7.28. The SMILES string of the molecule is Cc1cc(Cl)cc(C(=O)O)c1NC(=O)c1cc(-c2ccccc2)nc2ccccc12. The van der Waals surface area contributed by atoms with Crippen LogP contribution in [0.5, 0.6) is 0 Å². The van der Waals surface area contributed by atoms with Crippen molar-refractivity contribution in [2.75, 3.05) is 5.32 Å². The quantitative estimate of drug-likeness (QED) is 0.439. The van der Waals surface area contributed by atoms with E-state index in [1.54, 1.807) is 19.1 Å². The summed E-state index contributed by atoms with van der Waals surface area (Å²) < 4.78 is 0. The molecule has 30 heavy (non-hydrogen) atoms. The standard InChI is InChI=1S/C24H17ClN2O3/c1-14-11-16(25)12-19(24(29)30)22(14)27-23(28)18-13-21(15-7-3-2-4-8-15)26-20-10-6-5-9-17(18)20/h2-13H,1H3,(H,27,28)(H,29,30). The van der Waals surface area contributed by atoms with Crippen LogP contribution in [0, 0.1) is 6.92 Å². The predicted octanol–water partition coefficient (Wildman–Crippen LogP) is 5.81. The van der Waals surface area contributed by atoms with Gasteiger partial charge in [-0.25, -0.2) is 9.78 Å². The molecule has 0 aliphatic heterocycles. The van der Waals surface area contributed by atoms with Gasteiger partial charge in [-0.2, -0.15) is 0 Å². The molecule has 1 aromatic heterocycles. The molecule has 5 nitrogen and oxygen atoms in total. The van der Waals surface area contributed by atoms with E-state index in [9.17, 15) is 14.7 Å². The van der Waals surface area contributed by atoms with Gasteiger partial charge in [0.05, 0.1) is 28.0 Å². The summed E-state index contributed by atoms with van der Waals surface area (Å²) in [7, 11) is 0. The first-order valence-electron chi connectivity index (χ1n) is 9.24. The molecule has 0 fully saturated rings. The number of carboxylic acid groups (broad SMARTS) is 1. The summed E-state index contributed by atoms with van der Waals surface area (Å²) in [6.07, 6.45) is 0. The number of pyridine rings is 1. The van der Waals surface area contributed by atoms with Crippen molar-refractivity contribution in [1.82, 2.24) is 4.98 Å². The molecule has 6 heteroatoms. The Labute approximate surface area is 178 Å². The van der Waals surface area contributed by atoms with Gasteiger partial charge >= 0.3 is 5.97 Å². The second kappa shape index (κ2) is 7.97. The zero-order chi connectivity index (χ0) is 21.3. The van der Waals surface area contributed by atoms with Crippen molar-refractivity contribution in [1.29, 1.82) is 0 Å². The average Bonchev–Trinajstić information content (AvgIpc) is 2.75. The van der Waals surface area contributed by atoms with Crippen molar-refractivity contribution in [3.05, 3.63) is 94.5 Å². The number of aromatic nitrogens is 1. The topological polar surface area (TPSA) is 79.3 Å². The first kappa shape index (κ1) is 19.6. The van der Waals surface area contributed by atoms with Crippen molar-refractivity contribution in [3.8, 4) is 11.3 Å². The molecule has 148 valence electrons. The normalized spacial score (nSPS) is 10.7. The van der Waals surface area contributed by atoms with Crippen LogP contribution in [0.25, 0.3) is 22.2 Å². The van der Waals surface area contributed by atoms with E-state index in [2.05, 4.69) is 10.3 Å². The fourth-order valence-electron chi connectivity index (χ4n) is 3.38. The van der Waals surface area contributed by atoms with E-state index in [4.69, 9.17) is 11.6 Å². The van der Waals surface area contributed by atoms with Crippen LogP contribution in [0.15, 0.2) is 72.8 Å². The predicted molar refractivity (Wildman–Crippen MR) is 118 cm³/mol. The summed E-state index contributed by atoms with van der Waals surface area (Å²) in [5, 5.41) is 13.3. The van der Waals surface area contributed by atoms with Gasteiger partial charge in [0.15, 0.2) is 0 Å². The highest BCUT2D eigenvalue weighted by Crippen LogP contribution is 2.29. The fourth-order valence-corrected chi connectivity index (χ4v) is 3.65. The van der Waals surface area contributed by atoms with Crippen LogP contribution in [-0.2, 0) is 0 Å². The lowest BCUT2D eigenvalue weighted by Crippen LogP contribution is -2.17. The maximum Gasteiger partial charge on any atom is 0.337 e. The number of hydrogen-bond acceptors (Lipinski definition) is 3. The van der Waals surface area contributed by atoms with E-state index < -0.39 is 11.9 Å². The van der Waals surface area contributed by atoms with E-state index in [0.717, 1.165) is 5.56 Å². The van der Waals surface area contributed by atoms with Crippen LogP contribution in [-0.4, -0.2) is 22.0 Å². The second-order valence-electron chi connectivity index (χ2n) is 6.84. The number of amides is 1. The summed E-state index contributed by atoms with van der Waals surface area (Å²) in [4.78, 5) is 29.6. The number of nitrogens with one attached hydrogen (secondary N) is 1. The minimum Gasteiger partial charge on any atom is -0.478 e. The Morgan fingerprint density at radius 2 is 1.63 bits per heavy atom. The fraction of sp³-hybridized carbons (Fsp3) is 0.0417. The number of hydrogen-bond donors (Lipinski definition) is 2. The smallest absolute Gasteiger partial charge is 0.337 e. The van der Waals surface area contributed by atoms with Gasteiger partial charge in [0.1, 0.15) is 0 Å². The number of nitrogens with zero attached hydrogens (tertiary/aromatic N) is 1. The summed E-state index contributed by atoms with van der Waals surface area (Å²) in [5.41, 5.74) is 3.35. The monoisotopic (exact) mass is 416 g/mol. The third-order valence-corrected chi connectivity index (χ3v) is 5.02. The van der Waals surface area contributed by atoms with Crippen LogP contribution >= 0.6 is 11.6 Å². The molecule has 2 N–H and O–H groups in total. The van der Waals surface area contributed by atoms with Crippen molar-refractivity contribution in [2.24, 2.45) is 0 Å². The third-order valence-electron chi connectivity index (χ3n) is 4.80. The number of carbonyl (C=O) groups is 2. The number of fused-ring (bicyclic) bond motifs is 1. The Balaban J connectivity index is 1.84. The molecular weight excluding hydrogens is 400 g/mol. The van der Waals surface area contributed by atoms with Gasteiger partial charge in [-0.1, -0.05) is 60.1 Å². The number of benzene rings is 3. The minimum absolute atomic E-state index is 0.0602. The van der Waals surface area contributed by atoms with Crippen molar-refractivity contribution in [2.45, 2.75) is 6.92 Å². The molecule has 0 atom stereocenters. The number of halogens is 1. The molecule has 0 radical (unpaired) electrons. The lowest BCUT2D eigenvalue weighted by molar-refractivity contribution is 0.0698. The number of para-hydroxylation sites is 1. The maximum atomic E-state index is 13.3. The molecule has 0 saturated heterocycles. The molecule has 0 bridgehead atoms. The Morgan fingerprint density at radius 3 is 2.37 bits per heavy atom. The number of carbonyl (C=O) groups excluding carboxylic acids is 1. The van der Waals surface area contributed by atoms with Gasteiger partial charge in [0.2, 0.25) is 0 Å². The van der Waals surface area contributed by atoms with Crippen molar-refractivity contribution in [3.63, 3.8) is 0 Å². The van der Waals surface area contributed by atoms with Crippen LogP contribution in [0.4, 0.5) is 5.69 Å². The van der Waals surface area contributed by atoms with E-state index in [0.29, 0.717) is 32.7 Å². The average molecular weight is 417 g/mol. The summed E-state index contributed by atoms with van der Waals surface area (Å²) in [6, 6.07) is 21.6. The molecule has 4 rings (SSSR count). The summed E-state index contributed by atoms with van der Waals surface area (Å²) in [5.74, 6) is -1.58. The molecule has 4 aromatic rings. The number of aryl methyl sites for hydroxylation is 1. The van der Waals surface area contributed by atoms with Crippen LogP contribution < -0.4 is 5.32 Å². The molecule has 0 aliphatic carbocycles. The molecule has 0 saturated carbocycles. The summed E-state index contributed by atoms with van der Waals surface area (Å²) >= 11 is 6.00. The van der Waals surface area contributed by atoms with Gasteiger partial charge in [-0.3, -0.25) is 4.79 Å². The molecule has 1 amide bonds. The zero-order valence-electron chi connectivity index (χ0n) is 16.0. The minimum atomic E-state index is -1.17. The van der Waals surface area contributed by atoms with Crippen LogP contribution in [0.3, 0.4) is 0 Å². The van der Waals surface area contributed by atoms with Gasteiger partial charge in [-0.15, -0.1) is 0 Å². The van der Waals surface area contributed by atoms with E-state index in [1.165, 1.54) is 6.07 Å². The summed E-state index contributed by atoms with van der Waals surface area (Å²) in [6.45, 7) is 1.70. The molecular formula is C24H17ClN2O3. The van der Waals surface area contributed by atoms with Crippen LogP contribution in [0.2, 0.25) is 5.02 Å². The first-order chi connectivity index (χ1) is 14.4. The third kappa shape index (κ3) is 3.75. The molecule has 0 unspecified atom stereocenters. The van der Waals surface area contributed by atoms with E-state index in [1.807, 2.05) is 54.6 Å². The Hall–Kier alpha value is -3.70. The molecule has 1 heterocycles. The lowest BCUT2D eigenvalue weighted by Gasteiger charge is -2.14. The number of aromatic carboxylic acids is 1.